The zero-order valence-corrected chi connectivity index (χ0v) is 15.9. The Morgan fingerprint density at radius 1 is 0.815 bits per heavy atom. The minimum Gasteiger partial charge on any atom is -0.345 e. The molecule has 2 atom stereocenters. The normalized spacial score (nSPS) is 13.0. The highest BCUT2D eigenvalue weighted by Crippen LogP contribution is 2.18. The largest absolute Gasteiger partial charge is 0.345 e. The van der Waals surface area contributed by atoms with E-state index in [4.69, 9.17) is 0 Å². The molecular weight excluding hydrogens is 332 g/mol. The lowest BCUT2D eigenvalue weighted by Crippen LogP contribution is -2.87. The number of carbonyl (C=O) groups excluding carboxylic acids is 1. The highest BCUT2D eigenvalue weighted by atomic mass is 16.1. The van der Waals surface area contributed by atoms with Crippen LogP contribution in [0.2, 0.25) is 0 Å². The van der Waals surface area contributed by atoms with E-state index < -0.39 is 0 Å². The zero-order chi connectivity index (χ0) is 19.1. The van der Waals surface area contributed by atoms with Crippen molar-refractivity contribution in [1.29, 1.82) is 0 Å². The van der Waals surface area contributed by atoms with Crippen LogP contribution in [0.1, 0.15) is 41.3 Å². The summed E-state index contributed by atoms with van der Waals surface area (Å²) in [4.78, 5) is 12.5. The van der Waals surface area contributed by atoms with Gasteiger partial charge in [-0.05, 0) is 19.4 Å². The van der Waals surface area contributed by atoms with Crippen LogP contribution >= 0.6 is 0 Å². The second-order valence-corrected chi connectivity index (χ2v) is 6.94. The molecule has 27 heavy (non-hydrogen) atoms. The first-order valence-electron chi connectivity index (χ1n) is 9.42. The second-order valence-electron chi connectivity index (χ2n) is 6.94. The number of benzene rings is 3. The summed E-state index contributed by atoms with van der Waals surface area (Å²) in [5, 5.41) is 5.20. The third-order valence-electron chi connectivity index (χ3n) is 4.81. The van der Waals surface area contributed by atoms with Crippen LogP contribution in [0, 0.1) is 6.92 Å². The summed E-state index contributed by atoms with van der Waals surface area (Å²) in [6.07, 6.45) is 0. The molecule has 3 aromatic rings. The average Bonchev–Trinajstić information content (AvgIpc) is 2.71. The molecule has 0 aliphatic carbocycles. The van der Waals surface area contributed by atoms with Crippen LogP contribution in [0.15, 0.2) is 84.9 Å². The molecule has 0 saturated carbocycles. The first kappa shape index (κ1) is 18.9. The van der Waals surface area contributed by atoms with E-state index in [-0.39, 0.29) is 18.0 Å². The molecule has 3 aromatic carbocycles. The maximum atomic E-state index is 12.5. The Labute approximate surface area is 161 Å². The number of nitrogens with one attached hydrogen (secondary N) is 1. The summed E-state index contributed by atoms with van der Waals surface area (Å²) in [6, 6.07) is 29.0. The van der Waals surface area contributed by atoms with Gasteiger partial charge >= 0.3 is 0 Å². The van der Waals surface area contributed by atoms with Gasteiger partial charge in [-0.1, -0.05) is 90.5 Å². The summed E-state index contributed by atoms with van der Waals surface area (Å²) in [6.45, 7) is 4.48. The predicted octanol–water partition coefficient (Wildman–Crippen LogP) is 3.53. The maximum absolute atomic E-state index is 12.5. The van der Waals surface area contributed by atoms with Crippen molar-refractivity contribution >= 4 is 5.91 Å². The summed E-state index contributed by atoms with van der Waals surface area (Å²) in [5.41, 5.74) is 4.75. The van der Waals surface area contributed by atoms with Crippen molar-refractivity contribution in [1.82, 2.24) is 5.32 Å². The summed E-state index contributed by atoms with van der Waals surface area (Å²) in [7, 11) is 0. The summed E-state index contributed by atoms with van der Waals surface area (Å²) < 4.78 is 0. The minimum absolute atomic E-state index is 0.00153. The number of nitrogens with two attached hydrogens (primary N) is 1. The molecule has 0 radical (unpaired) electrons. The first-order valence-corrected chi connectivity index (χ1v) is 9.42. The van der Waals surface area contributed by atoms with Gasteiger partial charge in [0, 0.05) is 11.1 Å². The number of hydrogen-bond acceptors (Lipinski definition) is 1. The van der Waals surface area contributed by atoms with E-state index in [1.165, 1.54) is 16.7 Å². The van der Waals surface area contributed by atoms with E-state index in [1.807, 2.05) is 55.5 Å². The van der Waals surface area contributed by atoms with E-state index in [0.29, 0.717) is 6.54 Å². The Balaban J connectivity index is 1.67. The summed E-state index contributed by atoms with van der Waals surface area (Å²) >= 11 is 0. The van der Waals surface area contributed by atoms with Gasteiger partial charge in [0.2, 0.25) is 0 Å². The van der Waals surface area contributed by atoms with Crippen molar-refractivity contribution in [3.63, 3.8) is 0 Å². The van der Waals surface area contributed by atoms with Gasteiger partial charge in [-0.2, -0.15) is 0 Å². The SMILES string of the molecule is Cc1ccc([C@@H]([NH2+]CC(=O)N[C@@H](C)c2ccccc2)c2ccccc2)cc1. The molecule has 3 nitrogen and oxygen atoms in total. The number of hydrogen-bond donors (Lipinski definition) is 2. The van der Waals surface area contributed by atoms with E-state index in [2.05, 4.69) is 54.0 Å². The highest BCUT2D eigenvalue weighted by molar-refractivity contribution is 5.77. The Bertz CT molecular complexity index is 845. The molecule has 0 heterocycles. The third-order valence-corrected chi connectivity index (χ3v) is 4.81. The zero-order valence-electron chi connectivity index (χ0n) is 15.9. The fourth-order valence-electron chi connectivity index (χ4n) is 3.25. The van der Waals surface area contributed by atoms with E-state index in [0.717, 1.165) is 5.56 Å². The lowest BCUT2D eigenvalue weighted by Gasteiger charge is -2.18. The lowest BCUT2D eigenvalue weighted by molar-refractivity contribution is -0.676. The molecule has 0 saturated heterocycles. The fraction of sp³-hybridized carbons (Fsp3) is 0.208. The molecule has 0 bridgehead atoms. The van der Waals surface area contributed by atoms with Crippen molar-refractivity contribution in [2.45, 2.75) is 25.9 Å². The molecule has 0 unspecified atom stereocenters. The van der Waals surface area contributed by atoms with Gasteiger partial charge < -0.3 is 10.6 Å². The standard InChI is InChI=1S/C24H26N2O/c1-18-13-15-22(16-14-18)24(21-11-7-4-8-12-21)25-17-23(27)26-19(2)20-9-5-3-6-10-20/h3-16,19,24-25H,17H2,1-2H3,(H,26,27)/p+1/t19-,24-/m0/s1. The number of rotatable bonds is 7. The molecule has 0 aromatic heterocycles. The second kappa shape index (κ2) is 9.15. The first-order chi connectivity index (χ1) is 13.1. The highest BCUT2D eigenvalue weighted by Gasteiger charge is 2.19. The van der Waals surface area contributed by atoms with Gasteiger partial charge in [0.25, 0.3) is 5.91 Å². The van der Waals surface area contributed by atoms with Gasteiger partial charge in [-0.3, -0.25) is 4.79 Å². The molecule has 0 fully saturated rings. The Kier molecular flexibility index (Phi) is 6.39. The molecular formula is C24H27N2O+. The van der Waals surface area contributed by atoms with Crippen molar-refractivity contribution in [3.8, 4) is 0 Å². The molecule has 0 aliphatic rings. The van der Waals surface area contributed by atoms with E-state index >= 15 is 0 Å². The molecule has 1 amide bonds. The topological polar surface area (TPSA) is 45.7 Å². The van der Waals surface area contributed by atoms with Crippen LogP contribution in [-0.4, -0.2) is 12.5 Å². The van der Waals surface area contributed by atoms with Gasteiger partial charge in [0.05, 0.1) is 6.04 Å². The van der Waals surface area contributed by atoms with Crippen LogP contribution in [0.3, 0.4) is 0 Å². The quantitative estimate of drug-likeness (QED) is 0.666. The van der Waals surface area contributed by atoms with Crippen molar-refractivity contribution < 1.29 is 10.1 Å². The van der Waals surface area contributed by atoms with Gasteiger partial charge in [-0.15, -0.1) is 0 Å². The van der Waals surface area contributed by atoms with Crippen LogP contribution < -0.4 is 10.6 Å². The number of carbonyl (C=O) groups is 1. The molecule has 0 aliphatic heterocycles. The van der Waals surface area contributed by atoms with Crippen LogP contribution in [0.5, 0.6) is 0 Å². The Morgan fingerprint density at radius 2 is 1.33 bits per heavy atom. The van der Waals surface area contributed by atoms with Crippen LogP contribution in [0.4, 0.5) is 0 Å². The van der Waals surface area contributed by atoms with Crippen LogP contribution in [0.25, 0.3) is 0 Å². The minimum atomic E-state index is 0.00153. The van der Waals surface area contributed by atoms with Crippen molar-refractivity contribution in [2.75, 3.05) is 6.54 Å². The fourth-order valence-corrected chi connectivity index (χ4v) is 3.25. The van der Waals surface area contributed by atoms with Crippen LogP contribution in [-0.2, 0) is 4.79 Å². The predicted molar refractivity (Wildman–Crippen MR) is 109 cm³/mol. The average molecular weight is 359 g/mol. The molecule has 138 valence electrons. The molecule has 3 heteroatoms. The maximum Gasteiger partial charge on any atom is 0.275 e. The molecule has 3 N–H and O–H groups in total. The Hall–Kier alpha value is -2.91. The number of quaternary nitrogens is 1. The smallest absolute Gasteiger partial charge is 0.275 e. The third kappa shape index (κ3) is 5.28. The lowest BCUT2D eigenvalue weighted by atomic mass is 9.98. The van der Waals surface area contributed by atoms with Gasteiger partial charge in [0.15, 0.2) is 6.54 Å². The van der Waals surface area contributed by atoms with Crippen molar-refractivity contribution in [2.24, 2.45) is 0 Å². The van der Waals surface area contributed by atoms with E-state index in [1.54, 1.807) is 0 Å². The van der Waals surface area contributed by atoms with Gasteiger partial charge in [-0.25, -0.2) is 0 Å². The Morgan fingerprint density at radius 3 is 1.93 bits per heavy atom. The molecule has 0 spiro atoms. The monoisotopic (exact) mass is 359 g/mol. The van der Waals surface area contributed by atoms with E-state index in [9.17, 15) is 4.79 Å². The molecule has 3 rings (SSSR count). The number of aryl methyl sites for hydroxylation is 1. The van der Waals surface area contributed by atoms with Crippen molar-refractivity contribution in [3.05, 3.63) is 107 Å². The van der Waals surface area contributed by atoms with Gasteiger partial charge in [0.1, 0.15) is 6.04 Å². The number of amides is 1. The summed E-state index contributed by atoms with van der Waals surface area (Å²) in [5.74, 6) is 0.0411.